The number of aryl methyl sites for hydroxylation is 1. The molecular formula is C22H24N4O. The molecule has 138 valence electrons. The van der Waals surface area contributed by atoms with Crippen molar-refractivity contribution in [1.29, 1.82) is 0 Å². The lowest BCUT2D eigenvalue weighted by atomic mass is 10.0. The van der Waals surface area contributed by atoms with Crippen molar-refractivity contribution in [2.75, 3.05) is 13.2 Å². The van der Waals surface area contributed by atoms with E-state index in [-0.39, 0.29) is 0 Å². The van der Waals surface area contributed by atoms with Crippen LogP contribution in [-0.4, -0.2) is 32.8 Å². The highest BCUT2D eigenvalue weighted by molar-refractivity contribution is 5.61. The number of nitrogens with zero attached hydrogens (tertiary/aromatic N) is 4. The van der Waals surface area contributed by atoms with Crippen molar-refractivity contribution >= 4 is 0 Å². The maximum atomic E-state index is 5.72. The topological polar surface area (TPSA) is 43.2 Å². The lowest BCUT2D eigenvalue weighted by Gasteiger charge is -2.25. The van der Waals surface area contributed by atoms with Crippen molar-refractivity contribution in [3.63, 3.8) is 0 Å². The van der Waals surface area contributed by atoms with E-state index in [1.807, 2.05) is 17.9 Å². The normalized spacial score (nSPS) is 19.2. The molecule has 4 heterocycles. The summed E-state index contributed by atoms with van der Waals surface area (Å²) in [6.07, 6.45) is 9.38. The van der Waals surface area contributed by atoms with Crippen LogP contribution in [0, 0.1) is 0 Å². The lowest BCUT2D eigenvalue weighted by molar-refractivity contribution is 0.247. The largest absolute Gasteiger partial charge is 0.491 e. The van der Waals surface area contributed by atoms with Gasteiger partial charge in [0.1, 0.15) is 5.75 Å². The molecule has 1 saturated heterocycles. The summed E-state index contributed by atoms with van der Waals surface area (Å²) in [6, 6.07) is 11.5. The molecule has 0 aliphatic carbocycles. The smallest absolute Gasteiger partial charge is 0.141 e. The van der Waals surface area contributed by atoms with E-state index in [1.165, 1.54) is 29.5 Å². The average Bonchev–Trinajstić information content (AvgIpc) is 3.42. The van der Waals surface area contributed by atoms with Crippen LogP contribution in [0.15, 0.2) is 48.9 Å². The highest BCUT2D eigenvalue weighted by atomic mass is 16.5. The molecule has 2 aromatic heterocycles. The summed E-state index contributed by atoms with van der Waals surface area (Å²) in [5, 5.41) is 4.26. The van der Waals surface area contributed by atoms with Crippen LogP contribution in [0.25, 0.3) is 11.1 Å². The first-order chi connectivity index (χ1) is 13.3. The van der Waals surface area contributed by atoms with Crippen molar-refractivity contribution in [2.45, 2.75) is 31.8 Å². The first kappa shape index (κ1) is 16.5. The van der Waals surface area contributed by atoms with E-state index in [9.17, 15) is 0 Å². The van der Waals surface area contributed by atoms with Gasteiger partial charge in [0.2, 0.25) is 0 Å². The summed E-state index contributed by atoms with van der Waals surface area (Å²) in [7, 11) is 1.95. The summed E-state index contributed by atoms with van der Waals surface area (Å²) in [4.78, 5) is 7.20. The van der Waals surface area contributed by atoms with Gasteiger partial charge in [-0.05, 0) is 42.1 Å². The van der Waals surface area contributed by atoms with Crippen LogP contribution in [-0.2, 0) is 20.0 Å². The van der Waals surface area contributed by atoms with Crippen LogP contribution in [0.2, 0.25) is 0 Å². The molecule has 0 saturated carbocycles. The van der Waals surface area contributed by atoms with Gasteiger partial charge in [-0.15, -0.1) is 0 Å². The number of aromatic nitrogens is 3. The third-order valence-corrected chi connectivity index (χ3v) is 5.67. The van der Waals surface area contributed by atoms with Gasteiger partial charge in [-0.1, -0.05) is 24.3 Å². The van der Waals surface area contributed by atoms with Gasteiger partial charge in [0.25, 0.3) is 0 Å². The predicted molar refractivity (Wildman–Crippen MR) is 104 cm³/mol. The van der Waals surface area contributed by atoms with Crippen LogP contribution >= 0.6 is 0 Å². The van der Waals surface area contributed by atoms with Crippen LogP contribution in [0.4, 0.5) is 0 Å². The minimum absolute atomic E-state index is 0.435. The highest BCUT2D eigenvalue weighted by Crippen LogP contribution is 2.36. The molecule has 1 aromatic carbocycles. The highest BCUT2D eigenvalue weighted by Gasteiger charge is 2.27. The number of pyridine rings is 1. The van der Waals surface area contributed by atoms with Crippen molar-refractivity contribution in [3.05, 3.63) is 65.7 Å². The van der Waals surface area contributed by atoms with Crippen molar-refractivity contribution < 1.29 is 4.74 Å². The van der Waals surface area contributed by atoms with Crippen molar-refractivity contribution in [1.82, 2.24) is 19.7 Å². The van der Waals surface area contributed by atoms with Gasteiger partial charge in [-0.3, -0.25) is 14.6 Å². The molecule has 1 fully saturated rings. The van der Waals surface area contributed by atoms with Crippen molar-refractivity contribution in [2.24, 2.45) is 7.05 Å². The SMILES string of the molecule is Cn1cc(-c2ccc(CN3CCCC3c3cnc4c(c3)OCC4)cc2)cn1. The first-order valence-electron chi connectivity index (χ1n) is 9.70. The van der Waals surface area contributed by atoms with Gasteiger partial charge in [0.15, 0.2) is 0 Å². The summed E-state index contributed by atoms with van der Waals surface area (Å²) >= 11 is 0. The summed E-state index contributed by atoms with van der Waals surface area (Å²) in [6.45, 7) is 2.87. The average molecular weight is 360 g/mol. The number of hydrogen-bond donors (Lipinski definition) is 0. The molecule has 5 heteroatoms. The Morgan fingerprint density at radius 2 is 2.04 bits per heavy atom. The minimum Gasteiger partial charge on any atom is -0.491 e. The summed E-state index contributed by atoms with van der Waals surface area (Å²) in [5.41, 5.74) is 6.12. The van der Waals surface area contributed by atoms with E-state index >= 15 is 0 Å². The van der Waals surface area contributed by atoms with Gasteiger partial charge in [-0.2, -0.15) is 5.10 Å². The fraction of sp³-hybridized carbons (Fsp3) is 0.364. The zero-order valence-corrected chi connectivity index (χ0v) is 15.6. The molecule has 1 atom stereocenters. The molecule has 1 unspecified atom stereocenters. The third kappa shape index (κ3) is 3.23. The Bertz CT molecular complexity index is 947. The molecule has 0 N–H and O–H groups in total. The van der Waals surface area contributed by atoms with Gasteiger partial charge in [0, 0.05) is 44.0 Å². The molecule has 3 aromatic rings. The van der Waals surface area contributed by atoms with Crippen LogP contribution in [0.5, 0.6) is 5.75 Å². The molecule has 0 bridgehead atoms. The quantitative estimate of drug-likeness (QED) is 0.711. The van der Waals surface area contributed by atoms with E-state index in [1.54, 1.807) is 0 Å². The Kier molecular flexibility index (Phi) is 4.17. The van der Waals surface area contributed by atoms with E-state index in [0.717, 1.165) is 43.1 Å². The number of likely N-dealkylation sites (tertiary alicyclic amines) is 1. The van der Waals surface area contributed by atoms with Crippen LogP contribution < -0.4 is 4.74 Å². The second-order valence-electron chi connectivity index (χ2n) is 7.54. The van der Waals surface area contributed by atoms with E-state index in [4.69, 9.17) is 4.74 Å². The Balaban J connectivity index is 1.32. The van der Waals surface area contributed by atoms with Gasteiger partial charge in [-0.25, -0.2) is 0 Å². The van der Waals surface area contributed by atoms with Gasteiger partial charge in [0.05, 0.1) is 18.5 Å². The standard InChI is InChI=1S/C22H24N4O/c1-25-15-19(13-24-25)17-6-4-16(5-7-17)14-26-9-2-3-21(26)18-11-22-20(23-12-18)8-10-27-22/h4-7,11-13,15,21H,2-3,8-10,14H2,1H3. The van der Waals surface area contributed by atoms with Gasteiger partial charge < -0.3 is 4.74 Å². The molecule has 0 amide bonds. The predicted octanol–water partition coefficient (Wildman–Crippen LogP) is 3.75. The molecule has 27 heavy (non-hydrogen) atoms. The van der Waals surface area contributed by atoms with E-state index in [0.29, 0.717) is 6.04 Å². The Hall–Kier alpha value is -2.66. The van der Waals surface area contributed by atoms with E-state index < -0.39 is 0 Å². The fourth-order valence-electron chi connectivity index (χ4n) is 4.24. The van der Waals surface area contributed by atoms with Crippen LogP contribution in [0.3, 0.4) is 0 Å². The monoisotopic (exact) mass is 360 g/mol. The summed E-state index contributed by atoms with van der Waals surface area (Å²) in [5.74, 6) is 0.986. The summed E-state index contributed by atoms with van der Waals surface area (Å²) < 4.78 is 7.56. The molecule has 2 aliphatic heterocycles. The molecule has 5 rings (SSSR count). The minimum atomic E-state index is 0.435. The maximum absolute atomic E-state index is 5.72. The Morgan fingerprint density at radius 3 is 2.85 bits per heavy atom. The lowest BCUT2D eigenvalue weighted by Crippen LogP contribution is -2.22. The number of hydrogen-bond acceptors (Lipinski definition) is 4. The number of fused-ring (bicyclic) bond motifs is 1. The number of rotatable bonds is 4. The number of ether oxygens (including phenoxy) is 1. The Morgan fingerprint density at radius 1 is 1.15 bits per heavy atom. The fourth-order valence-corrected chi connectivity index (χ4v) is 4.24. The molecule has 5 nitrogen and oxygen atoms in total. The zero-order valence-electron chi connectivity index (χ0n) is 15.6. The van der Waals surface area contributed by atoms with Gasteiger partial charge >= 0.3 is 0 Å². The zero-order chi connectivity index (χ0) is 18.2. The number of benzene rings is 1. The second kappa shape index (κ2) is 6.82. The van der Waals surface area contributed by atoms with Crippen LogP contribution in [0.1, 0.15) is 35.7 Å². The molecule has 0 spiro atoms. The first-order valence-corrected chi connectivity index (χ1v) is 9.70. The maximum Gasteiger partial charge on any atom is 0.141 e. The molecule has 2 aliphatic rings. The molecule has 0 radical (unpaired) electrons. The second-order valence-corrected chi connectivity index (χ2v) is 7.54. The van der Waals surface area contributed by atoms with Crippen molar-refractivity contribution in [3.8, 4) is 16.9 Å². The molecular weight excluding hydrogens is 336 g/mol. The van der Waals surface area contributed by atoms with E-state index in [2.05, 4.69) is 57.7 Å². The Labute approximate surface area is 159 Å². The third-order valence-electron chi connectivity index (χ3n) is 5.67.